The smallest absolute Gasteiger partial charge is 0.191 e. The molecule has 0 fully saturated rings. The largest absolute Gasteiger partial charge is 0.496 e. The van der Waals surface area contributed by atoms with Crippen LogP contribution in [0.3, 0.4) is 0 Å². The van der Waals surface area contributed by atoms with Crippen LogP contribution in [0, 0.1) is 0 Å². The van der Waals surface area contributed by atoms with Crippen molar-refractivity contribution in [3.05, 3.63) is 42.0 Å². The molecule has 0 aliphatic heterocycles. The van der Waals surface area contributed by atoms with Gasteiger partial charge < -0.3 is 34.3 Å². The van der Waals surface area contributed by atoms with E-state index in [2.05, 4.69) is 15.6 Å². The van der Waals surface area contributed by atoms with Crippen LogP contribution >= 0.6 is 0 Å². The zero-order valence-electron chi connectivity index (χ0n) is 19.2. The Morgan fingerprint density at radius 1 is 0.871 bits per heavy atom. The molecule has 2 N–H and O–H groups in total. The molecule has 1 atom stereocenters. The lowest BCUT2D eigenvalue weighted by Crippen LogP contribution is -2.42. The van der Waals surface area contributed by atoms with Crippen molar-refractivity contribution in [2.24, 2.45) is 4.99 Å². The zero-order valence-corrected chi connectivity index (χ0v) is 19.2. The molecule has 0 spiro atoms. The predicted molar refractivity (Wildman–Crippen MR) is 122 cm³/mol. The number of hydrogen-bond donors (Lipinski definition) is 2. The number of benzene rings is 2. The van der Waals surface area contributed by atoms with Gasteiger partial charge in [0.25, 0.3) is 0 Å². The van der Waals surface area contributed by atoms with E-state index in [1.165, 1.54) is 0 Å². The van der Waals surface area contributed by atoms with Crippen molar-refractivity contribution in [1.82, 2.24) is 10.6 Å². The van der Waals surface area contributed by atoms with Gasteiger partial charge in [-0.25, -0.2) is 0 Å². The van der Waals surface area contributed by atoms with Gasteiger partial charge in [-0.2, -0.15) is 0 Å². The molecule has 1 unspecified atom stereocenters. The van der Waals surface area contributed by atoms with Crippen LogP contribution in [0.5, 0.6) is 28.7 Å². The van der Waals surface area contributed by atoms with Crippen molar-refractivity contribution >= 4 is 5.96 Å². The minimum Gasteiger partial charge on any atom is -0.496 e. The van der Waals surface area contributed by atoms with E-state index >= 15 is 0 Å². The highest BCUT2D eigenvalue weighted by Crippen LogP contribution is 2.34. The molecule has 0 radical (unpaired) electrons. The molecule has 0 aliphatic rings. The highest BCUT2D eigenvalue weighted by atomic mass is 16.5. The van der Waals surface area contributed by atoms with E-state index in [1.807, 2.05) is 43.3 Å². The SMILES string of the molecule is CN=C(NCCc1c(OC)cc(OC)cc1OC)NCC(C)Oc1ccccc1OC. The molecule has 8 heteroatoms. The minimum absolute atomic E-state index is 0.0865. The molecule has 0 aliphatic carbocycles. The first-order valence-corrected chi connectivity index (χ1v) is 10.1. The van der Waals surface area contributed by atoms with Crippen LogP contribution in [0.15, 0.2) is 41.4 Å². The van der Waals surface area contributed by atoms with Crippen molar-refractivity contribution in [2.45, 2.75) is 19.4 Å². The third-order valence-electron chi connectivity index (χ3n) is 4.66. The van der Waals surface area contributed by atoms with Crippen molar-refractivity contribution in [3.8, 4) is 28.7 Å². The van der Waals surface area contributed by atoms with Crippen LogP contribution in [-0.2, 0) is 6.42 Å². The monoisotopic (exact) mass is 431 g/mol. The maximum absolute atomic E-state index is 5.97. The molecule has 170 valence electrons. The molecular formula is C23H33N3O5. The van der Waals surface area contributed by atoms with Gasteiger partial charge in [-0.3, -0.25) is 4.99 Å². The Labute approximate surface area is 184 Å². The molecule has 2 aromatic carbocycles. The number of rotatable bonds is 11. The Morgan fingerprint density at radius 3 is 2.03 bits per heavy atom. The molecule has 2 aromatic rings. The normalized spacial score (nSPS) is 12.0. The second-order valence-electron chi connectivity index (χ2n) is 6.72. The number of hydrogen-bond acceptors (Lipinski definition) is 6. The standard InChI is InChI=1S/C23H33N3O5/c1-16(31-20-10-8-7-9-19(20)28-4)15-26-23(24-2)25-12-11-18-21(29-5)13-17(27-3)14-22(18)30-6/h7-10,13-14,16H,11-12,15H2,1-6H3,(H2,24,25,26). The minimum atomic E-state index is -0.0865. The predicted octanol–water partition coefficient (Wildman–Crippen LogP) is 2.90. The highest BCUT2D eigenvalue weighted by molar-refractivity contribution is 5.79. The second kappa shape index (κ2) is 12.4. The average molecular weight is 432 g/mol. The van der Waals surface area contributed by atoms with Gasteiger partial charge in [-0.05, 0) is 25.5 Å². The quantitative estimate of drug-likeness (QED) is 0.418. The van der Waals surface area contributed by atoms with Crippen LogP contribution < -0.4 is 34.3 Å². The number of methoxy groups -OCH3 is 4. The summed E-state index contributed by atoms with van der Waals surface area (Å²) in [6.45, 7) is 3.20. The Hall–Kier alpha value is -3.29. The van der Waals surface area contributed by atoms with Gasteiger partial charge in [0.2, 0.25) is 0 Å². The van der Waals surface area contributed by atoms with E-state index in [0.29, 0.717) is 42.7 Å². The Bertz CT molecular complexity index is 832. The number of para-hydroxylation sites is 2. The van der Waals surface area contributed by atoms with E-state index in [-0.39, 0.29) is 6.10 Å². The summed E-state index contributed by atoms with van der Waals surface area (Å²) in [5, 5.41) is 6.59. The summed E-state index contributed by atoms with van der Waals surface area (Å²) in [6.07, 6.45) is 0.598. The molecule has 0 amide bonds. The van der Waals surface area contributed by atoms with Gasteiger partial charge in [-0.1, -0.05) is 12.1 Å². The van der Waals surface area contributed by atoms with Gasteiger partial charge in [0.15, 0.2) is 17.5 Å². The van der Waals surface area contributed by atoms with Crippen LogP contribution in [0.2, 0.25) is 0 Å². The van der Waals surface area contributed by atoms with E-state index in [1.54, 1.807) is 35.5 Å². The fraction of sp³-hybridized carbons (Fsp3) is 0.435. The van der Waals surface area contributed by atoms with Crippen molar-refractivity contribution in [1.29, 1.82) is 0 Å². The van der Waals surface area contributed by atoms with E-state index in [9.17, 15) is 0 Å². The van der Waals surface area contributed by atoms with E-state index < -0.39 is 0 Å². The van der Waals surface area contributed by atoms with Crippen LogP contribution in [-0.4, -0.2) is 60.6 Å². The third-order valence-corrected chi connectivity index (χ3v) is 4.66. The zero-order chi connectivity index (χ0) is 22.6. The molecule has 0 aromatic heterocycles. The summed E-state index contributed by atoms with van der Waals surface area (Å²) in [4.78, 5) is 4.28. The van der Waals surface area contributed by atoms with Gasteiger partial charge in [-0.15, -0.1) is 0 Å². The second-order valence-corrected chi connectivity index (χ2v) is 6.72. The van der Waals surface area contributed by atoms with Crippen LogP contribution in [0.25, 0.3) is 0 Å². The van der Waals surface area contributed by atoms with Gasteiger partial charge in [0.1, 0.15) is 23.4 Å². The Balaban J connectivity index is 1.89. The molecule has 31 heavy (non-hydrogen) atoms. The summed E-state index contributed by atoms with van der Waals surface area (Å²) >= 11 is 0. The van der Waals surface area contributed by atoms with Crippen molar-refractivity contribution in [3.63, 3.8) is 0 Å². The lowest BCUT2D eigenvalue weighted by molar-refractivity contribution is 0.213. The lowest BCUT2D eigenvalue weighted by atomic mass is 10.1. The first kappa shape index (κ1) is 24.0. The van der Waals surface area contributed by atoms with Crippen molar-refractivity contribution in [2.75, 3.05) is 48.6 Å². The van der Waals surface area contributed by atoms with Gasteiger partial charge in [0, 0.05) is 31.3 Å². The lowest BCUT2D eigenvalue weighted by Gasteiger charge is -2.19. The van der Waals surface area contributed by atoms with E-state index in [0.717, 1.165) is 17.1 Å². The topological polar surface area (TPSA) is 82.6 Å². The molecule has 0 saturated carbocycles. The summed E-state index contributed by atoms with van der Waals surface area (Å²) in [5.41, 5.74) is 0.960. The maximum atomic E-state index is 5.97. The Kier molecular flexibility index (Phi) is 9.61. The number of aliphatic imine (C=N–C) groups is 1. The molecule has 0 saturated heterocycles. The summed E-state index contributed by atoms with van der Waals surface area (Å²) in [7, 11) is 8.24. The average Bonchev–Trinajstić information content (AvgIpc) is 2.81. The highest BCUT2D eigenvalue weighted by Gasteiger charge is 2.14. The summed E-state index contributed by atoms with van der Waals surface area (Å²) in [5.74, 6) is 4.23. The molecular weight excluding hydrogens is 398 g/mol. The van der Waals surface area contributed by atoms with Gasteiger partial charge >= 0.3 is 0 Å². The van der Waals surface area contributed by atoms with Crippen LogP contribution in [0.1, 0.15) is 12.5 Å². The van der Waals surface area contributed by atoms with Crippen molar-refractivity contribution < 1.29 is 23.7 Å². The molecule has 2 rings (SSSR count). The third kappa shape index (κ3) is 6.87. The van der Waals surface area contributed by atoms with Gasteiger partial charge in [0.05, 0.1) is 35.0 Å². The first-order valence-electron chi connectivity index (χ1n) is 10.1. The maximum Gasteiger partial charge on any atom is 0.191 e. The molecule has 0 heterocycles. The number of nitrogens with zero attached hydrogens (tertiary/aromatic N) is 1. The van der Waals surface area contributed by atoms with E-state index in [4.69, 9.17) is 23.7 Å². The molecule has 0 bridgehead atoms. The fourth-order valence-electron chi connectivity index (χ4n) is 3.07. The fourth-order valence-corrected chi connectivity index (χ4v) is 3.07. The number of guanidine groups is 1. The number of ether oxygens (including phenoxy) is 5. The van der Waals surface area contributed by atoms with Crippen LogP contribution in [0.4, 0.5) is 0 Å². The Morgan fingerprint density at radius 2 is 1.48 bits per heavy atom. The summed E-state index contributed by atoms with van der Waals surface area (Å²) < 4.78 is 27.6. The summed E-state index contributed by atoms with van der Waals surface area (Å²) in [6, 6.07) is 11.3. The first-order chi connectivity index (χ1) is 15.1. The number of nitrogens with one attached hydrogen (secondary N) is 2. The molecule has 8 nitrogen and oxygen atoms in total.